The molecule has 0 bridgehead atoms. The van der Waals surface area contributed by atoms with Gasteiger partial charge in [0.25, 0.3) is 11.5 Å². The van der Waals surface area contributed by atoms with Crippen molar-refractivity contribution < 1.29 is 48.8 Å². The van der Waals surface area contributed by atoms with Gasteiger partial charge in [-0.1, -0.05) is 28.4 Å². The highest BCUT2D eigenvalue weighted by molar-refractivity contribution is 7.90. The summed E-state index contributed by atoms with van der Waals surface area (Å²) in [5.74, 6) is -1.73. The number of nitrogens with zero attached hydrogens (tertiary/aromatic N) is 3. The standard InChI is InChI=1S/C22H17Cl2F7N4O4S2/c1-9-12-7-34(16-4-20(39-33-16,21(26,27)28)10-2-13(23)17(25)14(24)3-10)8-15(12)40-18(9)19(36)32-11-5-35(6-11)41(37,38)22(29,30)31/h2-3,11H,4-8H2,1H3,(H,32,36). The van der Waals surface area contributed by atoms with Gasteiger partial charge in [-0.3, -0.25) is 4.79 Å². The summed E-state index contributed by atoms with van der Waals surface area (Å²) in [5, 5.41) is 4.96. The van der Waals surface area contributed by atoms with Crippen LogP contribution in [0.5, 0.6) is 0 Å². The van der Waals surface area contributed by atoms with Crippen molar-refractivity contribution in [2.75, 3.05) is 13.1 Å². The van der Waals surface area contributed by atoms with Gasteiger partial charge >= 0.3 is 21.7 Å². The van der Waals surface area contributed by atoms with Gasteiger partial charge in [0, 0.05) is 30.1 Å². The highest BCUT2D eigenvalue weighted by atomic mass is 35.5. The number of carbonyl (C=O) groups excluding carboxylic acids is 1. The van der Waals surface area contributed by atoms with Gasteiger partial charge in [0.15, 0.2) is 5.82 Å². The van der Waals surface area contributed by atoms with Crippen LogP contribution in [-0.2, 0) is 33.6 Å². The maximum absolute atomic E-state index is 14.3. The normalized spacial score (nSPS) is 21.9. The van der Waals surface area contributed by atoms with Crippen molar-refractivity contribution in [1.82, 2.24) is 14.5 Å². The van der Waals surface area contributed by atoms with E-state index in [9.17, 15) is 43.9 Å². The first-order chi connectivity index (χ1) is 18.9. The van der Waals surface area contributed by atoms with E-state index in [0.717, 1.165) is 23.5 Å². The fourth-order valence-electron chi connectivity index (χ4n) is 4.73. The van der Waals surface area contributed by atoms with Crippen LogP contribution in [0, 0.1) is 12.7 Å². The zero-order valence-electron chi connectivity index (χ0n) is 20.5. The number of hydrogen-bond acceptors (Lipinski definition) is 7. The molecule has 3 aliphatic heterocycles. The Morgan fingerprint density at radius 1 is 1.15 bits per heavy atom. The van der Waals surface area contributed by atoms with Crippen molar-refractivity contribution in [1.29, 1.82) is 0 Å². The maximum atomic E-state index is 14.3. The Labute approximate surface area is 241 Å². The molecule has 41 heavy (non-hydrogen) atoms. The predicted octanol–water partition coefficient (Wildman–Crippen LogP) is 5.27. The van der Waals surface area contributed by atoms with Crippen LogP contribution in [0.3, 0.4) is 0 Å². The molecule has 5 rings (SSSR count). The zero-order valence-corrected chi connectivity index (χ0v) is 23.6. The first-order valence-corrected chi connectivity index (χ1v) is 14.6. The van der Waals surface area contributed by atoms with Gasteiger partial charge in [-0.05, 0) is 30.2 Å². The molecule has 1 unspecified atom stereocenters. The van der Waals surface area contributed by atoms with Crippen LogP contribution in [0.2, 0.25) is 10.0 Å². The minimum absolute atomic E-state index is 0.0480. The molecule has 1 atom stereocenters. The Balaban J connectivity index is 1.27. The number of nitrogens with one attached hydrogen (secondary N) is 1. The van der Waals surface area contributed by atoms with Crippen LogP contribution in [0.15, 0.2) is 17.3 Å². The number of alkyl halides is 6. The van der Waals surface area contributed by atoms with Crippen LogP contribution in [0.4, 0.5) is 30.7 Å². The van der Waals surface area contributed by atoms with Crippen LogP contribution >= 0.6 is 34.5 Å². The molecular formula is C22H17Cl2F7N4O4S2. The molecule has 8 nitrogen and oxygen atoms in total. The Hall–Kier alpha value is -2.34. The lowest BCUT2D eigenvalue weighted by Gasteiger charge is -2.38. The number of amides is 1. The molecule has 0 saturated carbocycles. The summed E-state index contributed by atoms with van der Waals surface area (Å²) in [7, 11) is -5.48. The third-order valence-electron chi connectivity index (χ3n) is 7.05. The van der Waals surface area contributed by atoms with Crippen molar-refractivity contribution in [3.05, 3.63) is 54.4 Å². The summed E-state index contributed by atoms with van der Waals surface area (Å²) in [4.78, 5) is 20.2. The lowest BCUT2D eigenvalue weighted by molar-refractivity contribution is -0.275. The smallest absolute Gasteiger partial charge is 0.372 e. The van der Waals surface area contributed by atoms with E-state index in [1.54, 1.807) is 6.92 Å². The Kier molecular flexibility index (Phi) is 7.24. The van der Waals surface area contributed by atoms with Crippen LogP contribution in [-0.4, -0.2) is 60.2 Å². The molecule has 1 amide bonds. The van der Waals surface area contributed by atoms with Gasteiger partial charge in [0.2, 0.25) is 0 Å². The molecule has 1 aromatic carbocycles. The first kappa shape index (κ1) is 30.1. The molecule has 19 heteroatoms. The third-order valence-corrected chi connectivity index (χ3v) is 10.5. The molecule has 2 aromatic rings. The molecule has 0 radical (unpaired) electrons. The summed E-state index contributed by atoms with van der Waals surface area (Å²) in [6.07, 6.45) is -5.74. The fourth-order valence-corrected chi connectivity index (χ4v) is 7.50. The number of rotatable bonds is 4. The number of fused-ring (bicyclic) bond motifs is 1. The molecule has 1 N–H and O–H groups in total. The largest absolute Gasteiger partial charge is 0.511 e. The van der Waals surface area contributed by atoms with Gasteiger partial charge in [-0.25, -0.2) is 12.8 Å². The lowest BCUT2D eigenvalue weighted by atomic mass is 9.89. The highest BCUT2D eigenvalue weighted by Gasteiger charge is 2.63. The summed E-state index contributed by atoms with van der Waals surface area (Å²) in [5.41, 5.74) is -7.75. The van der Waals surface area contributed by atoms with E-state index >= 15 is 0 Å². The average Bonchev–Trinajstić information content (AvgIpc) is 3.52. The summed E-state index contributed by atoms with van der Waals surface area (Å²) >= 11 is 12.5. The molecular weight excluding hydrogens is 652 g/mol. The minimum Gasteiger partial charge on any atom is -0.372 e. The van der Waals surface area contributed by atoms with Crippen LogP contribution in [0.1, 0.15) is 37.7 Å². The molecule has 224 valence electrons. The maximum Gasteiger partial charge on any atom is 0.511 e. The topological polar surface area (TPSA) is 91.3 Å². The number of hydrogen-bond donors (Lipinski definition) is 1. The van der Waals surface area contributed by atoms with Crippen LogP contribution < -0.4 is 5.32 Å². The average molecular weight is 669 g/mol. The minimum atomic E-state index is -5.48. The molecule has 0 spiro atoms. The van der Waals surface area contributed by atoms with E-state index in [2.05, 4.69) is 10.5 Å². The molecule has 1 fully saturated rings. The van der Waals surface area contributed by atoms with Gasteiger partial charge in [-0.2, -0.15) is 30.6 Å². The Morgan fingerprint density at radius 2 is 1.76 bits per heavy atom. The number of amidine groups is 1. The van der Waals surface area contributed by atoms with Crippen molar-refractivity contribution in [2.45, 2.75) is 49.8 Å². The number of sulfonamides is 1. The summed E-state index contributed by atoms with van der Waals surface area (Å²) in [6.45, 7) is 0.737. The van der Waals surface area contributed by atoms with Gasteiger partial charge in [0.1, 0.15) is 5.84 Å². The van der Waals surface area contributed by atoms with E-state index in [1.165, 1.54) is 4.90 Å². The monoisotopic (exact) mass is 668 g/mol. The van der Waals surface area contributed by atoms with E-state index in [-0.39, 0.29) is 28.1 Å². The number of carbonyl (C=O) groups is 1. The van der Waals surface area contributed by atoms with Crippen molar-refractivity contribution in [3.63, 3.8) is 0 Å². The lowest BCUT2D eigenvalue weighted by Crippen LogP contribution is -2.62. The number of thiophene rings is 1. The number of oxime groups is 1. The van der Waals surface area contributed by atoms with Crippen molar-refractivity contribution in [3.8, 4) is 0 Å². The summed E-state index contributed by atoms with van der Waals surface area (Å²) in [6, 6.07) is 0.746. The molecule has 1 aromatic heterocycles. The Bertz CT molecular complexity index is 1550. The molecule has 1 saturated heterocycles. The quantitative estimate of drug-likeness (QED) is 0.354. The second-order valence-electron chi connectivity index (χ2n) is 9.61. The first-order valence-electron chi connectivity index (χ1n) is 11.6. The third kappa shape index (κ3) is 4.92. The summed E-state index contributed by atoms with van der Waals surface area (Å²) < 4.78 is 118. The van der Waals surface area contributed by atoms with Crippen molar-refractivity contribution >= 4 is 56.3 Å². The Morgan fingerprint density at radius 3 is 2.29 bits per heavy atom. The van der Waals surface area contributed by atoms with E-state index < -0.39 is 80.2 Å². The number of benzene rings is 1. The zero-order chi connectivity index (χ0) is 30.3. The second-order valence-corrected chi connectivity index (χ2v) is 13.5. The SMILES string of the molecule is Cc1c(C(=O)NC2CN(S(=O)(=O)C(F)(F)F)C2)sc2c1CN(C1=NOC(c3cc(Cl)c(F)c(Cl)c3)(C(F)(F)F)C1)C2. The molecule has 4 heterocycles. The second kappa shape index (κ2) is 9.86. The van der Waals surface area contributed by atoms with Gasteiger partial charge in [-0.15, -0.1) is 11.3 Å². The van der Waals surface area contributed by atoms with Crippen LogP contribution in [0.25, 0.3) is 0 Å². The van der Waals surface area contributed by atoms with E-state index in [4.69, 9.17) is 28.0 Å². The van der Waals surface area contributed by atoms with Gasteiger partial charge < -0.3 is 15.1 Å². The van der Waals surface area contributed by atoms with Crippen molar-refractivity contribution in [2.24, 2.45) is 5.16 Å². The number of halogens is 9. The van der Waals surface area contributed by atoms with E-state index in [0.29, 0.717) is 16.0 Å². The highest BCUT2D eigenvalue weighted by Crippen LogP contribution is 2.50. The molecule has 0 aliphatic carbocycles. The molecule has 3 aliphatic rings. The predicted molar refractivity (Wildman–Crippen MR) is 133 cm³/mol. The van der Waals surface area contributed by atoms with E-state index in [1.807, 2.05) is 0 Å². The van der Waals surface area contributed by atoms with Gasteiger partial charge in [0.05, 0.1) is 33.9 Å². The fraction of sp³-hybridized carbons (Fsp3) is 0.455.